The first-order valence-electron chi connectivity index (χ1n) is 7.86. The summed E-state index contributed by atoms with van der Waals surface area (Å²) < 4.78 is 2.24. The van der Waals surface area contributed by atoms with Gasteiger partial charge in [0.25, 0.3) is 5.91 Å². The Morgan fingerprint density at radius 3 is 2.57 bits per heavy atom. The molecular formula is C19H21N3O. The van der Waals surface area contributed by atoms with Gasteiger partial charge in [-0.25, -0.2) is 4.98 Å². The van der Waals surface area contributed by atoms with Crippen molar-refractivity contribution in [2.75, 3.05) is 7.05 Å². The minimum absolute atomic E-state index is 0.0874. The fourth-order valence-electron chi connectivity index (χ4n) is 2.81. The smallest absolute Gasteiger partial charge is 0.251 e. The number of aromatic nitrogens is 2. The van der Waals surface area contributed by atoms with Gasteiger partial charge in [0.2, 0.25) is 0 Å². The molecule has 3 rings (SSSR count). The van der Waals surface area contributed by atoms with Gasteiger partial charge in [-0.3, -0.25) is 4.79 Å². The number of nitrogens with one attached hydrogen (secondary N) is 1. The molecule has 0 aliphatic rings. The van der Waals surface area contributed by atoms with Crippen LogP contribution in [0.5, 0.6) is 0 Å². The second-order valence-electron chi connectivity index (χ2n) is 5.98. The van der Waals surface area contributed by atoms with E-state index in [0.717, 1.165) is 23.4 Å². The molecule has 0 aliphatic carbocycles. The van der Waals surface area contributed by atoms with Crippen LogP contribution in [0.3, 0.4) is 0 Å². The highest BCUT2D eigenvalue weighted by Gasteiger charge is 2.15. The second-order valence-corrected chi connectivity index (χ2v) is 5.98. The maximum absolute atomic E-state index is 11.8. The molecule has 3 aromatic rings. The molecule has 23 heavy (non-hydrogen) atoms. The van der Waals surface area contributed by atoms with Gasteiger partial charge in [-0.15, -0.1) is 0 Å². The fraction of sp³-hybridized carbons (Fsp3) is 0.263. The summed E-state index contributed by atoms with van der Waals surface area (Å²) in [5.74, 6) is 1.27. The Hall–Kier alpha value is -2.62. The zero-order valence-electron chi connectivity index (χ0n) is 13.7. The van der Waals surface area contributed by atoms with Gasteiger partial charge >= 0.3 is 0 Å². The number of hydrogen-bond acceptors (Lipinski definition) is 2. The number of rotatable bonds is 4. The highest BCUT2D eigenvalue weighted by molar-refractivity contribution is 5.97. The number of carbonyl (C=O) groups excluding carboxylic acids is 1. The summed E-state index contributed by atoms with van der Waals surface area (Å²) in [6, 6.07) is 16.1. The van der Waals surface area contributed by atoms with E-state index in [2.05, 4.69) is 35.9 Å². The summed E-state index contributed by atoms with van der Waals surface area (Å²) in [4.78, 5) is 16.6. The minimum atomic E-state index is -0.0874. The van der Waals surface area contributed by atoms with Crippen LogP contribution in [0.15, 0.2) is 48.5 Å². The lowest BCUT2D eigenvalue weighted by molar-refractivity contribution is 0.0963. The van der Waals surface area contributed by atoms with Gasteiger partial charge in [0.05, 0.1) is 11.0 Å². The fourth-order valence-corrected chi connectivity index (χ4v) is 2.81. The maximum atomic E-state index is 11.8. The van der Waals surface area contributed by atoms with Crippen LogP contribution in [0.25, 0.3) is 11.0 Å². The Bertz CT molecular complexity index is 834. The molecule has 0 saturated carbocycles. The minimum Gasteiger partial charge on any atom is -0.355 e. The van der Waals surface area contributed by atoms with Crippen molar-refractivity contribution >= 4 is 16.9 Å². The van der Waals surface area contributed by atoms with E-state index in [1.807, 2.05) is 36.4 Å². The van der Waals surface area contributed by atoms with Crippen LogP contribution < -0.4 is 5.32 Å². The van der Waals surface area contributed by atoms with Crippen molar-refractivity contribution in [3.63, 3.8) is 0 Å². The molecule has 0 radical (unpaired) electrons. The van der Waals surface area contributed by atoms with Crippen LogP contribution in [0, 0.1) is 0 Å². The maximum Gasteiger partial charge on any atom is 0.251 e. The summed E-state index contributed by atoms with van der Waals surface area (Å²) in [7, 11) is 1.64. The summed E-state index contributed by atoms with van der Waals surface area (Å²) in [5.41, 5.74) is 3.81. The number of hydrogen-bond donors (Lipinski definition) is 1. The van der Waals surface area contributed by atoms with Crippen LogP contribution in [0.4, 0.5) is 0 Å². The molecule has 1 aromatic heterocycles. The molecule has 118 valence electrons. The van der Waals surface area contributed by atoms with Crippen molar-refractivity contribution in [1.82, 2.24) is 14.9 Å². The number of imidazole rings is 1. The van der Waals surface area contributed by atoms with E-state index in [4.69, 9.17) is 4.98 Å². The Kier molecular flexibility index (Phi) is 4.15. The van der Waals surface area contributed by atoms with Crippen LogP contribution in [-0.2, 0) is 6.54 Å². The lowest BCUT2D eigenvalue weighted by atomic mass is 10.1. The number of carbonyl (C=O) groups is 1. The largest absolute Gasteiger partial charge is 0.355 e. The van der Waals surface area contributed by atoms with E-state index in [0.29, 0.717) is 11.5 Å². The van der Waals surface area contributed by atoms with Gasteiger partial charge in [-0.1, -0.05) is 44.2 Å². The SMILES string of the molecule is CNC(=O)c1ccc2c(c1)nc(C(C)C)n2Cc1ccccc1. The third kappa shape index (κ3) is 2.97. The lowest BCUT2D eigenvalue weighted by Gasteiger charge is -2.11. The Morgan fingerprint density at radius 1 is 1.17 bits per heavy atom. The molecule has 0 saturated heterocycles. The summed E-state index contributed by atoms with van der Waals surface area (Å²) in [5, 5.41) is 2.66. The molecular weight excluding hydrogens is 286 g/mol. The lowest BCUT2D eigenvalue weighted by Crippen LogP contribution is -2.17. The highest BCUT2D eigenvalue weighted by atomic mass is 16.1. The summed E-state index contributed by atoms with van der Waals surface area (Å²) in [6.45, 7) is 5.06. The molecule has 1 amide bonds. The van der Waals surface area contributed by atoms with Crippen molar-refractivity contribution in [2.45, 2.75) is 26.3 Å². The molecule has 1 N–H and O–H groups in total. The van der Waals surface area contributed by atoms with Gasteiger partial charge in [0, 0.05) is 25.1 Å². The quantitative estimate of drug-likeness (QED) is 0.801. The normalized spacial score (nSPS) is 11.1. The van der Waals surface area contributed by atoms with E-state index in [1.165, 1.54) is 5.56 Å². The highest BCUT2D eigenvalue weighted by Crippen LogP contribution is 2.24. The first-order valence-corrected chi connectivity index (χ1v) is 7.86. The Morgan fingerprint density at radius 2 is 1.91 bits per heavy atom. The van der Waals surface area contributed by atoms with Crippen molar-refractivity contribution < 1.29 is 4.79 Å². The molecule has 0 bridgehead atoms. The van der Waals surface area contributed by atoms with Gasteiger partial charge in [-0.2, -0.15) is 0 Å². The average molecular weight is 307 g/mol. The number of fused-ring (bicyclic) bond motifs is 1. The Labute approximate surface area is 136 Å². The average Bonchev–Trinajstić information content (AvgIpc) is 2.93. The van der Waals surface area contributed by atoms with Gasteiger partial charge in [0.15, 0.2) is 0 Å². The van der Waals surface area contributed by atoms with Crippen LogP contribution >= 0.6 is 0 Å². The Balaban J connectivity index is 2.11. The summed E-state index contributed by atoms with van der Waals surface area (Å²) in [6.07, 6.45) is 0. The van der Waals surface area contributed by atoms with Crippen LogP contribution in [0.1, 0.15) is 41.5 Å². The molecule has 1 heterocycles. The molecule has 0 atom stereocenters. The van der Waals surface area contributed by atoms with Gasteiger partial charge in [-0.05, 0) is 23.8 Å². The molecule has 0 fully saturated rings. The van der Waals surface area contributed by atoms with Gasteiger partial charge < -0.3 is 9.88 Å². The zero-order valence-corrected chi connectivity index (χ0v) is 13.7. The van der Waals surface area contributed by atoms with Crippen molar-refractivity contribution in [3.05, 3.63) is 65.5 Å². The molecule has 4 heteroatoms. The molecule has 2 aromatic carbocycles. The van der Waals surface area contributed by atoms with E-state index in [1.54, 1.807) is 7.05 Å². The number of nitrogens with zero attached hydrogens (tertiary/aromatic N) is 2. The van der Waals surface area contributed by atoms with Crippen molar-refractivity contribution in [1.29, 1.82) is 0 Å². The predicted octanol–water partition coefficient (Wildman–Crippen LogP) is 3.57. The predicted molar refractivity (Wildman–Crippen MR) is 92.8 cm³/mol. The van der Waals surface area contributed by atoms with E-state index in [9.17, 15) is 4.79 Å². The van der Waals surface area contributed by atoms with Crippen molar-refractivity contribution in [3.8, 4) is 0 Å². The molecule has 0 aliphatic heterocycles. The summed E-state index contributed by atoms with van der Waals surface area (Å²) >= 11 is 0. The monoisotopic (exact) mass is 307 g/mol. The van der Waals surface area contributed by atoms with E-state index < -0.39 is 0 Å². The topological polar surface area (TPSA) is 46.9 Å². The number of amides is 1. The first-order chi connectivity index (χ1) is 11.1. The molecule has 0 spiro atoms. The number of benzene rings is 2. The van der Waals surface area contributed by atoms with E-state index >= 15 is 0 Å². The zero-order chi connectivity index (χ0) is 16.4. The first kappa shape index (κ1) is 15.3. The van der Waals surface area contributed by atoms with Crippen LogP contribution in [0.2, 0.25) is 0 Å². The third-order valence-electron chi connectivity index (χ3n) is 3.97. The van der Waals surface area contributed by atoms with Gasteiger partial charge in [0.1, 0.15) is 5.82 Å². The second kappa shape index (κ2) is 6.24. The van der Waals surface area contributed by atoms with E-state index in [-0.39, 0.29) is 5.91 Å². The van der Waals surface area contributed by atoms with Crippen molar-refractivity contribution in [2.24, 2.45) is 0 Å². The van der Waals surface area contributed by atoms with Crippen LogP contribution in [-0.4, -0.2) is 22.5 Å². The standard InChI is InChI=1S/C19H21N3O/c1-13(2)18-21-16-11-15(19(23)20-3)9-10-17(16)22(18)12-14-7-5-4-6-8-14/h4-11,13H,12H2,1-3H3,(H,20,23). The third-order valence-corrected chi connectivity index (χ3v) is 3.97. The molecule has 4 nitrogen and oxygen atoms in total. The molecule has 0 unspecified atom stereocenters.